The van der Waals surface area contributed by atoms with E-state index in [-0.39, 0.29) is 18.9 Å². The van der Waals surface area contributed by atoms with Crippen LogP contribution in [0.15, 0.2) is 12.2 Å². The molecule has 1 saturated heterocycles. The summed E-state index contributed by atoms with van der Waals surface area (Å²) >= 11 is 0. The molecule has 13 heteroatoms. The molecule has 0 aromatic rings. The van der Waals surface area contributed by atoms with Gasteiger partial charge in [-0.2, -0.15) is 8.42 Å². The molecule has 0 aliphatic carbocycles. The Morgan fingerprint density at radius 1 is 0.619 bits per heavy atom. The van der Waals surface area contributed by atoms with Crippen LogP contribution in [0.4, 0.5) is 0 Å². The maximum Gasteiger partial charge on any atom is 0.397 e. The molecule has 7 atom stereocenters. The van der Waals surface area contributed by atoms with E-state index in [4.69, 9.17) is 9.47 Å². The summed E-state index contributed by atoms with van der Waals surface area (Å²) in [5, 5.41) is 44.8. The Kier molecular flexibility index (Phi) is 39.0. The zero-order chi connectivity index (χ0) is 46.2. The van der Waals surface area contributed by atoms with Gasteiger partial charge in [0.25, 0.3) is 0 Å². The van der Waals surface area contributed by atoms with Crippen molar-refractivity contribution in [3.05, 3.63) is 12.2 Å². The summed E-state index contributed by atoms with van der Waals surface area (Å²) in [7, 11) is -5.08. The second-order valence-electron chi connectivity index (χ2n) is 18.5. The minimum Gasteiger partial charge on any atom is -0.394 e. The molecule has 12 nitrogen and oxygen atoms in total. The molecule has 0 saturated carbocycles. The lowest BCUT2D eigenvalue weighted by Gasteiger charge is -2.41. The average Bonchev–Trinajstić information content (AvgIpc) is 3.25. The van der Waals surface area contributed by atoms with Gasteiger partial charge >= 0.3 is 10.4 Å². The van der Waals surface area contributed by atoms with Gasteiger partial charge in [0.15, 0.2) is 6.29 Å². The number of hydrogen-bond donors (Lipinski definition) is 6. The quantitative estimate of drug-likeness (QED) is 0.0193. The Morgan fingerprint density at radius 3 is 1.38 bits per heavy atom. The zero-order valence-electron chi connectivity index (χ0n) is 40.2. The van der Waals surface area contributed by atoms with Crippen molar-refractivity contribution < 1.29 is 51.8 Å². The van der Waals surface area contributed by atoms with Crippen molar-refractivity contribution in [3.63, 3.8) is 0 Å². The highest BCUT2D eigenvalue weighted by Crippen LogP contribution is 2.26. The number of allylic oxidation sites excluding steroid dienone is 1. The molecule has 0 spiro atoms. The van der Waals surface area contributed by atoms with Gasteiger partial charge in [0.2, 0.25) is 5.91 Å². The van der Waals surface area contributed by atoms with Gasteiger partial charge < -0.3 is 35.2 Å². The maximum atomic E-state index is 13.1. The van der Waals surface area contributed by atoms with E-state index in [1.165, 1.54) is 180 Å². The molecule has 1 heterocycles. The van der Waals surface area contributed by atoms with Crippen molar-refractivity contribution in [1.82, 2.24) is 5.32 Å². The lowest BCUT2D eigenvalue weighted by molar-refractivity contribution is -0.298. The lowest BCUT2D eigenvalue weighted by atomic mass is 9.99. The first kappa shape index (κ1) is 59.9. The first-order valence-corrected chi connectivity index (χ1v) is 27.4. The molecule has 1 aliphatic rings. The highest BCUT2D eigenvalue weighted by Gasteiger charge is 2.48. The minimum atomic E-state index is -5.08. The number of carbonyl (C=O) groups excluding carboxylic acids is 1. The summed E-state index contributed by atoms with van der Waals surface area (Å²) in [6.07, 6.45) is 38.2. The van der Waals surface area contributed by atoms with E-state index in [0.717, 1.165) is 38.5 Å². The topological polar surface area (TPSA) is 192 Å². The van der Waals surface area contributed by atoms with Gasteiger partial charge in [-0.05, 0) is 19.3 Å². The number of rotatable bonds is 45. The number of aliphatic hydroxyl groups excluding tert-OH is 4. The number of amides is 1. The van der Waals surface area contributed by atoms with Gasteiger partial charge in [-0.3, -0.25) is 9.35 Å². The molecule has 374 valence electrons. The van der Waals surface area contributed by atoms with E-state index < -0.39 is 59.9 Å². The number of unbranched alkanes of at least 4 members (excludes halogenated alkanes) is 33. The molecule has 0 radical (unpaired) electrons. The van der Waals surface area contributed by atoms with Gasteiger partial charge in [0.1, 0.15) is 24.4 Å². The number of aliphatic hydroxyl groups is 4. The molecule has 0 bridgehead atoms. The number of carbonyl (C=O) groups is 1. The Labute approximate surface area is 385 Å². The SMILES string of the molecule is CCCCCCCCCCCCCCCC/C=C/C(O)C(COC1OC(CO)C(O)C(OS(=O)(=O)O)C1O)NC(=O)CCCCCCCCCCCCCCCCCCCCCC. The predicted molar refractivity (Wildman–Crippen MR) is 255 cm³/mol. The molecule has 1 fully saturated rings. The van der Waals surface area contributed by atoms with E-state index in [1.54, 1.807) is 6.08 Å². The van der Waals surface area contributed by atoms with Crippen LogP contribution in [0.1, 0.15) is 245 Å². The van der Waals surface area contributed by atoms with Crippen LogP contribution in [0.5, 0.6) is 0 Å². The van der Waals surface area contributed by atoms with Crippen LogP contribution in [0.2, 0.25) is 0 Å². The van der Waals surface area contributed by atoms with Crippen molar-refractivity contribution in [1.29, 1.82) is 0 Å². The van der Waals surface area contributed by atoms with Gasteiger partial charge in [0, 0.05) is 6.42 Å². The van der Waals surface area contributed by atoms with Crippen molar-refractivity contribution >= 4 is 16.3 Å². The van der Waals surface area contributed by atoms with Crippen LogP contribution in [-0.4, -0.2) is 95.4 Å². The zero-order valence-corrected chi connectivity index (χ0v) is 41.0. The minimum absolute atomic E-state index is 0.258. The first-order chi connectivity index (χ1) is 30.5. The van der Waals surface area contributed by atoms with Crippen LogP contribution in [-0.2, 0) is 28.9 Å². The van der Waals surface area contributed by atoms with Crippen LogP contribution in [0.3, 0.4) is 0 Å². The van der Waals surface area contributed by atoms with Crippen molar-refractivity contribution in [2.24, 2.45) is 0 Å². The third kappa shape index (κ3) is 33.9. The summed E-state index contributed by atoms with van der Waals surface area (Å²) in [5.41, 5.74) is 0. The van der Waals surface area contributed by atoms with Crippen molar-refractivity contribution in [2.75, 3.05) is 13.2 Å². The van der Waals surface area contributed by atoms with E-state index >= 15 is 0 Å². The third-order valence-corrected chi connectivity index (χ3v) is 13.0. The smallest absolute Gasteiger partial charge is 0.394 e. The normalized spacial score (nSPS) is 20.4. The Morgan fingerprint density at radius 2 is 1.00 bits per heavy atom. The van der Waals surface area contributed by atoms with Crippen molar-refractivity contribution in [2.45, 2.75) is 288 Å². The molecule has 0 aromatic carbocycles. The summed E-state index contributed by atoms with van der Waals surface area (Å²) in [6, 6.07) is -0.939. The van der Waals surface area contributed by atoms with Gasteiger partial charge in [0.05, 0.1) is 25.4 Å². The molecular formula is C50H97NO11S. The van der Waals surface area contributed by atoms with E-state index in [0.29, 0.717) is 6.42 Å². The standard InChI is InChI=1S/C50H97NO11S/c1-3-5-7-9-11-13-15-17-19-21-22-23-24-26-28-30-32-34-36-38-40-46(54)51-43(42-60-50-48(56)49(62-63(57,58)59)47(55)45(41-52)61-50)44(53)39-37-35-33-31-29-27-25-20-18-16-14-12-10-8-6-4-2/h37,39,43-45,47-50,52-53,55-56H,3-36,38,40-42H2,1-2H3,(H,51,54)(H,57,58,59)/b39-37+. The Bertz CT molecular complexity index is 1180. The fourth-order valence-corrected chi connectivity index (χ4v) is 9.02. The summed E-state index contributed by atoms with van der Waals surface area (Å²) < 4.78 is 47.7. The Balaban J connectivity index is 2.43. The van der Waals surface area contributed by atoms with Gasteiger partial charge in [-0.1, -0.05) is 231 Å². The average molecular weight is 920 g/mol. The highest BCUT2D eigenvalue weighted by molar-refractivity contribution is 7.80. The van der Waals surface area contributed by atoms with E-state index in [9.17, 15) is 38.2 Å². The third-order valence-electron chi connectivity index (χ3n) is 12.6. The van der Waals surface area contributed by atoms with Crippen LogP contribution in [0.25, 0.3) is 0 Å². The van der Waals surface area contributed by atoms with Crippen LogP contribution < -0.4 is 5.32 Å². The molecule has 7 unspecified atom stereocenters. The molecule has 1 aliphatic heterocycles. The second-order valence-corrected chi connectivity index (χ2v) is 19.5. The largest absolute Gasteiger partial charge is 0.397 e. The fourth-order valence-electron chi connectivity index (χ4n) is 8.52. The highest BCUT2D eigenvalue weighted by atomic mass is 32.3. The van der Waals surface area contributed by atoms with Crippen molar-refractivity contribution in [3.8, 4) is 0 Å². The molecule has 6 N–H and O–H groups in total. The predicted octanol–water partition coefficient (Wildman–Crippen LogP) is 11.1. The summed E-state index contributed by atoms with van der Waals surface area (Å²) in [6.45, 7) is 3.42. The van der Waals surface area contributed by atoms with Gasteiger partial charge in [-0.15, -0.1) is 0 Å². The molecular weight excluding hydrogens is 823 g/mol. The monoisotopic (exact) mass is 920 g/mol. The summed E-state index contributed by atoms with van der Waals surface area (Å²) in [4.78, 5) is 13.1. The molecule has 1 rings (SSSR count). The molecule has 63 heavy (non-hydrogen) atoms. The number of hydrogen-bond acceptors (Lipinski definition) is 10. The number of nitrogens with one attached hydrogen (secondary N) is 1. The Hall–Kier alpha value is -1.16. The van der Waals surface area contributed by atoms with Crippen LogP contribution in [0, 0.1) is 0 Å². The first-order valence-electron chi connectivity index (χ1n) is 26.1. The lowest BCUT2D eigenvalue weighted by Crippen LogP contribution is -2.61. The number of ether oxygens (including phenoxy) is 2. The second kappa shape index (κ2) is 41.1. The van der Waals surface area contributed by atoms with E-state index in [1.807, 2.05) is 6.08 Å². The van der Waals surface area contributed by atoms with Crippen LogP contribution >= 0.6 is 0 Å². The maximum absolute atomic E-state index is 13.1. The summed E-state index contributed by atoms with van der Waals surface area (Å²) in [5.74, 6) is -0.258. The molecule has 0 aromatic heterocycles. The van der Waals surface area contributed by atoms with Gasteiger partial charge in [-0.25, -0.2) is 4.18 Å². The fraction of sp³-hybridized carbons (Fsp3) is 0.940. The van der Waals surface area contributed by atoms with E-state index in [2.05, 4.69) is 23.3 Å². The molecule has 1 amide bonds.